The van der Waals surface area contributed by atoms with E-state index in [0.29, 0.717) is 19.3 Å². The third-order valence-electron chi connectivity index (χ3n) is 20.1. The maximum Gasteiger partial charge on any atom is 0.472 e. The Balaban J connectivity index is 4.58. The number of allylic oxidation sites excluding steroid dienone is 30. The van der Waals surface area contributed by atoms with E-state index in [2.05, 4.69) is 203 Å². The summed E-state index contributed by atoms with van der Waals surface area (Å²) in [6.45, 7) is 2.44. The van der Waals surface area contributed by atoms with Crippen LogP contribution < -0.4 is 0 Å². The quantitative estimate of drug-likeness (QED) is 0.0146. The van der Waals surface area contributed by atoms with E-state index in [4.69, 9.17) is 32.3 Å². The van der Waals surface area contributed by atoms with E-state index in [1.165, 1.54) is 161 Å². The molecule has 0 spiro atoms. The number of esters is 3. The van der Waals surface area contributed by atoms with Crippen molar-refractivity contribution in [2.24, 2.45) is 0 Å². The third-order valence-corrected chi connectivity index (χ3v) is 22.0. The summed E-state index contributed by atoms with van der Waals surface area (Å²) in [6.07, 6.45) is 124. The summed E-state index contributed by atoms with van der Waals surface area (Å²) in [7, 11) is -9.82. The van der Waals surface area contributed by atoms with Crippen molar-refractivity contribution in [3.63, 3.8) is 0 Å². The van der Waals surface area contributed by atoms with Gasteiger partial charge >= 0.3 is 33.6 Å². The summed E-state index contributed by atoms with van der Waals surface area (Å²) < 4.78 is 61.5. The van der Waals surface area contributed by atoms with Crippen LogP contribution in [0.15, 0.2) is 182 Å². The molecule has 0 aromatic rings. The molecule has 0 aromatic carbocycles. The molecule has 0 aliphatic rings. The third kappa shape index (κ3) is 95.2. The molecule has 0 saturated carbocycles. The molecule has 0 aliphatic carbocycles. The van der Waals surface area contributed by atoms with Crippen LogP contribution in [0.2, 0.25) is 0 Å². The normalized spacial score (nSPS) is 14.5. The minimum atomic E-state index is -4.95. The number of phosphoric ester groups is 2. The van der Waals surface area contributed by atoms with Gasteiger partial charge < -0.3 is 34.2 Å². The number of hydrogen-bond donors (Lipinski definition) is 4. The lowest BCUT2D eigenvalue weighted by Crippen LogP contribution is -2.30. The molecule has 692 valence electrons. The van der Waals surface area contributed by atoms with E-state index in [-0.39, 0.29) is 19.3 Å². The molecule has 0 aromatic heterocycles. The second-order valence-electron chi connectivity index (χ2n) is 31.8. The van der Waals surface area contributed by atoms with E-state index in [9.17, 15) is 43.5 Å². The van der Waals surface area contributed by atoms with Crippen LogP contribution in [0.1, 0.15) is 393 Å². The smallest absolute Gasteiger partial charge is 0.463 e. The second kappa shape index (κ2) is 93.8. The average molecular weight is 1730 g/mol. The second-order valence-corrected chi connectivity index (χ2v) is 34.7. The highest BCUT2D eigenvalue weighted by Crippen LogP contribution is 2.45. The molecule has 121 heavy (non-hydrogen) atoms. The summed E-state index contributed by atoms with van der Waals surface area (Å²) in [4.78, 5) is 59.1. The predicted molar refractivity (Wildman–Crippen MR) is 509 cm³/mol. The molecule has 0 aliphatic heterocycles. The lowest BCUT2D eigenvalue weighted by atomic mass is 10.0. The molecule has 0 fully saturated rings. The first-order valence-corrected chi connectivity index (χ1v) is 51.1. The van der Waals surface area contributed by atoms with Crippen molar-refractivity contribution in [1.82, 2.24) is 0 Å². The van der Waals surface area contributed by atoms with Crippen LogP contribution in [0.5, 0.6) is 0 Å². The molecule has 16 nitrogen and oxygen atoms in total. The van der Waals surface area contributed by atoms with Gasteiger partial charge in [-0.2, -0.15) is 0 Å². The Kier molecular flexibility index (Phi) is 89.6. The Morgan fingerprint density at radius 3 is 0.694 bits per heavy atom. The molecule has 5 unspecified atom stereocenters. The van der Waals surface area contributed by atoms with Gasteiger partial charge in [0, 0.05) is 19.3 Å². The first-order valence-electron chi connectivity index (χ1n) is 48.1. The van der Waals surface area contributed by atoms with Crippen molar-refractivity contribution in [2.45, 2.75) is 411 Å². The van der Waals surface area contributed by atoms with Crippen molar-refractivity contribution in [3.8, 4) is 0 Å². The molecule has 0 amide bonds. The maximum atomic E-state index is 13.1. The molecule has 0 bridgehead atoms. The Labute approximate surface area is 738 Å². The minimum absolute atomic E-state index is 0.0769. The van der Waals surface area contributed by atoms with E-state index < -0.39 is 91.5 Å². The zero-order chi connectivity index (χ0) is 87.9. The van der Waals surface area contributed by atoms with Gasteiger partial charge in [0.25, 0.3) is 0 Å². The summed E-state index contributed by atoms with van der Waals surface area (Å²) in [5, 5.41) is 20.8. The predicted octanol–water partition coefficient (Wildman–Crippen LogP) is 30.0. The van der Waals surface area contributed by atoms with Crippen LogP contribution in [-0.4, -0.2) is 95.9 Å². The average Bonchev–Trinajstić information content (AvgIpc) is 0.882. The van der Waals surface area contributed by atoms with Gasteiger partial charge in [-0.15, -0.1) is 0 Å². The van der Waals surface area contributed by atoms with Gasteiger partial charge in [0.15, 0.2) is 6.10 Å². The maximum absolute atomic E-state index is 13.1. The fourth-order valence-electron chi connectivity index (χ4n) is 12.9. The molecular formula is C103H174O16P2. The van der Waals surface area contributed by atoms with Gasteiger partial charge in [-0.3, -0.25) is 32.5 Å². The fourth-order valence-corrected chi connectivity index (χ4v) is 14.5. The number of carbonyl (C=O) groups is 3. The number of aliphatic hydroxyl groups is 2. The number of rotatable bonds is 90. The van der Waals surface area contributed by atoms with Crippen LogP contribution in [0, 0.1) is 0 Å². The summed E-state index contributed by atoms with van der Waals surface area (Å²) in [5.74, 6) is -1.59. The van der Waals surface area contributed by atoms with Gasteiger partial charge in [0.2, 0.25) is 0 Å². The fraction of sp³-hybridized carbons (Fsp3) is 0.680. The van der Waals surface area contributed by atoms with Crippen molar-refractivity contribution >= 4 is 33.6 Å². The topological polar surface area (TPSA) is 231 Å². The Bertz CT molecular complexity index is 2930. The Morgan fingerprint density at radius 2 is 0.438 bits per heavy atom. The Morgan fingerprint density at radius 1 is 0.240 bits per heavy atom. The van der Waals surface area contributed by atoms with Gasteiger partial charge in [-0.1, -0.05) is 396 Å². The van der Waals surface area contributed by atoms with Crippen LogP contribution in [-0.2, 0) is 55.8 Å². The lowest BCUT2D eigenvalue weighted by Gasteiger charge is -2.21. The Hall–Kier alpha value is -5.35. The lowest BCUT2D eigenvalue weighted by molar-refractivity contribution is -0.161. The highest BCUT2D eigenvalue weighted by atomic mass is 31.2. The van der Waals surface area contributed by atoms with Crippen LogP contribution >= 0.6 is 15.6 Å². The van der Waals surface area contributed by atoms with Gasteiger partial charge in [-0.25, -0.2) is 9.13 Å². The first-order chi connectivity index (χ1) is 59.2. The van der Waals surface area contributed by atoms with Crippen LogP contribution in [0.3, 0.4) is 0 Å². The van der Waals surface area contributed by atoms with E-state index in [0.717, 1.165) is 173 Å². The zero-order valence-electron chi connectivity index (χ0n) is 76.4. The highest BCUT2D eigenvalue weighted by molar-refractivity contribution is 7.47. The molecule has 0 saturated heterocycles. The monoisotopic (exact) mass is 1730 g/mol. The molecule has 0 heterocycles. The number of carbonyl (C=O) groups excluding carboxylic acids is 3. The highest BCUT2D eigenvalue weighted by Gasteiger charge is 2.30. The standard InChI is InChI=1S/C103H174O16P2/c1-4-7-10-13-16-19-22-25-28-31-34-37-39-41-43-45-47-48-50-52-53-55-57-60-62-65-68-71-74-77-80-83-86-89-101(106)113-92-98(104)93-115-120(109,110)116-94-99(105)95-117-121(111,112)118-97-100(119-103(108)91-88-85-82-79-76-73-70-67-64-59-36-33-30-27-24-21-18-15-12-9-6-3)96-114-102(107)90-87-84-81-78-75-72-69-66-63-61-58-56-54-51-49-46-44-42-40-38-35-32-29-26-23-20-17-14-11-8-5-2/h8-9,11-12,16-21,25-30,34-38,41-44,49,51,59,67,70,98-100,104-105H,4-7,10,13-15,22-24,31-33,39-40,45-48,50,52-58,60-66,68-69,71-97H2,1-3H3,(H,109,110)(H,111,112)/b11-8-,12-9-,19-16-,20-17-,21-18-,28-25-,29-26-,30-27-,37-34-,38-35-,43-41-,44-42-,51-49-,59-36-,70-67-. The summed E-state index contributed by atoms with van der Waals surface area (Å²) in [5.41, 5.74) is 0. The number of aliphatic hydroxyl groups excluding tert-OH is 2. The zero-order valence-corrected chi connectivity index (χ0v) is 78.2. The van der Waals surface area contributed by atoms with Crippen molar-refractivity contribution < 1.29 is 75.8 Å². The van der Waals surface area contributed by atoms with Crippen LogP contribution in [0.4, 0.5) is 0 Å². The first kappa shape index (κ1) is 116. The molecule has 0 rings (SSSR count). The SMILES string of the molecule is CC/C=C\C/C=C\C/C=C\C/C=C\C/C=C\C/C=C\CCCCCCCCCCCCCCC(=O)OCC(COP(=O)(O)OCC(O)COP(=O)(O)OCC(O)COC(=O)CCCCCCCCCCCCCCCCCCC/C=C\C/C=C\C/C=C\C/C=C\CCCCC)OC(=O)CCCCCCC/C=C\C/C=C\C/C=C\C/C=C\C/C=C\CC. The van der Waals surface area contributed by atoms with Gasteiger partial charge in [-0.05, 0) is 161 Å². The van der Waals surface area contributed by atoms with E-state index >= 15 is 0 Å². The van der Waals surface area contributed by atoms with Crippen molar-refractivity contribution in [3.05, 3.63) is 182 Å². The summed E-state index contributed by atoms with van der Waals surface area (Å²) >= 11 is 0. The number of phosphoric acid groups is 2. The molecule has 5 atom stereocenters. The minimum Gasteiger partial charge on any atom is -0.463 e. The molecular weight excluding hydrogens is 1560 g/mol. The largest absolute Gasteiger partial charge is 0.472 e. The molecule has 4 N–H and O–H groups in total. The molecule has 18 heteroatoms. The summed E-state index contributed by atoms with van der Waals surface area (Å²) in [6, 6.07) is 0. The molecule has 0 radical (unpaired) electrons. The van der Waals surface area contributed by atoms with Crippen molar-refractivity contribution in [1.29, 1.82) is 0 Å². The van der Waals surface area contributed by atoms with E-state index in [1.54, 1.807) is 0 Å². The van der Waals surface area contributed by atoms with E-state index in [1.807, 2.05) is 0 Å². The number of hydrogen-bond acceptors (Lipinski definition) is 14. The van der Waals surface area contributed by atoms with Crippen molar-refractivity contribution in [2.75, 3.05) is 39.6 Å². The number of unbranched alkanes of at least 4 members (excludes halogenated alkanes) is 37. The number of ether oxygens (including phenoxy) is 3. The van der Waals surface area contributed by atoms with Gasteiger partial charge in [0.05, 0.1) is 26.4 Å². The van der Waals surface area contributed by atoms with Gasteiger partial charge in [0.1, 0.15) is 25.4 Å². The van der Waals surface area contributed by atoms with Crippen LogP contribution in [0.25, 0.3) is 0 Å².